The molecule has 84 valence electrons. The molecule has 15 heavy (non-hydrogen) atoms. The highest BCUT2D eigenvalue weighted by Crippen LogP contribution is 2.40. The molecule has 1 atom stereocenters. The summed E-state index contributed by atoms with van der Waals surface area (Å²) in [5.74, 6) is 1.23. The maximum atomic E-state index is 9.33. The summed E-state index contributed by atoms with van der Waals surface area (Å²) in [4.78, 5) is 4.22. The number of nitrogens with two attached hydrogens (primary N) is 1. The molecule has 1 aromatic rings. The molecule has 0 aromatic carbocycles. The van der Waals surface area contributed by atoms with Crippen LogP contribution in [0.2, 0.25) is 0 Å². The van der Waals surface area contributed by atoms with Gasteiger partial charge in [-0.25, -0.2) is 4.98 Å². The van der Waals surface area contributed by atoms with Crippen LogP contribution >= 0.6 is 11.8 Å². The number of thioether (sulfide) groups is 1. The summed E-state index contributed by atoms with van der Waals surface area (Å²) >= 11 is 1.62. The number of imidazole rings is 1. The Morgan fingerprint density at radius 1 is 1.73 bits per heavy atom. The summed E-state index contributed by atoms with van der Waals surface area (Å²) in [7, 11) is 1.96. The number of aliphatic hydroxyl groups excluding tert-OH is 1. The first-order valence-corrected chi connectivity index (χ1v) is 6.14. The summed E-state index contributed by atoms with van der Waals surface area (Å²) in [6, 6.07) is 0. The van der Waals surface area contributed by atoms with Crippen molar-refractivity contribution in [3.63, 3.8) is 0 Å². The lowest BCUT2D eigenvalue weighted by molar-refractivity contribution is 0.194. The highest BCUT2D eigenvalue weighted by molar-refractivity contribution is 7.99. The van der Waals surface area contributed by atoms with E-state index in [1.807, 2.05) is 17.8 Å². The molecule has 1 fully saturated rings. The molecule has 4 nitrogen and oxygen atoms in total. The average Bonchev–Trinajstić information content (AvgIpc) is 3.01. The van der Waals surface area contributed by atoms with Gasteiger partial charge in [-0.3, -0.25) is 0 Å². The average molecular weight is 227 g/mol. The van der Waals surface area contributed by atoms with E-state index < -0.39 is 5.54 Å². The zero-order valence-corrected chi connectivity index (χ0v) is 9.70. The Morgan fingerprint density at radius 3 is 2.93 bits per heavy atom. The first-order valence-electron chi connectivity index (χ1n) is 5.15. The van der Waals surface area contributed by atoms with Crippen LogP contribution in [0.4, 0.5) is 0 Å². The third kappa shape index (κ3) is 2.35. The Hall–Kier alpha value is -0.520. The molecule has 3 N–H and O–H groups in total. The van der Waals surface area contributed by atoms with E-state index in [0.717, 1.165) is 23.8 Å². The molecule has 1 saturated carbocycles. The molecule has 1 aliphatic rings. The summed E-state index contributed by atoms with van der Waals surface area (Å²) < 4.78 is 1.97. The highest BCUT2D eigenvalue weighted by Gasteiger charge is 2.41. The van der Waals surface area contributed by atoms with Crippen LogP contribution in [0, 0.1) is 5.92 Å². The van der Waals surface area contributed by atoms with Crippen molar-refractivity contribution >= 4 is 11.8 Å². The summed E-state index contributed by atoms with van der Waals surface area (Å²) in [5, 5.41) is 10.3. The van der Waals surface area contributed by atoms with E-state index in [2.05, 4.69) is 4.98 Å². The molecular formula is C10H17N3OS. The molecule has 0 radical (unpaired) electrons. The number of aryl methyl sites for hydroxylation is 1. The van der Waals surface area contributed by atoms with E-state index >= 15 is 0 Å². The van der Waals surface area contributed by atoms with Gasteiger partial charge in [0.05, 0.1) is 12.1 Å². The van der Waals surface area contributed by atoms with E-state index in [4.69, 9.17) is 5.73 Å². The lowest BCUT2D eigenvalue weighted by atomic mass is 9.99. The van der Waals surface area contributed by atoms with Crippen molar-refractivity contribution < 1.29 is 5.11 Å². The monoisotopic (exact) mass is 227 g/mol. The maximum Gasteiger partial charge on any atom is 0.167 e. The third-order valence-electron chi connectivity index (χ3n) is 2.93. The van der Waals surface area contributed by atoms with Crippen molar-refractivity contribution in [2.45, 2.75) is 23.5 Å². The second-order valence-corrected chi connectivity index (χ2v) is 5.22. The Bertz CT molecular complexity index is 337. The largest absolute Gasteiger partial charge is 0.394 e. The first kappa shape index (κ1) is 11.0. The summed E-state index contributed by atoms with van der Waals surface area (Å²) in [5.41, 5.74) is 5.74. The molecular weight excluding hydrogens is 210 g/mol. The smallest absolute Gasteiger partial charge is 0.167 e. The van der Waals surface area contributed by atoms with Crippen LogP contribution in [-0.4, -0.2) is 32.6 Å². The van der Waals surface area contributed by atoms with Gasteiger partial charge in [-0.1, -0.05) is 11.8 Å². The molecule has 1 unspecified atom stereocenters. The lowest BCUT2D eigenvalue weighted by Gasteiger charge is -2.26. The van der Waals surface area contributed by atoms with E-state index in [-0.39, 0.29) is 6.61 Å². The Morgan fingerprint density at radius 2 is 2.47 bits per heavy atom. The molecule has 0 bridgehead atoms. The van der Waals surface area contributed by atoms with Gasteiger partial charge in [0, 0.05) is 25.2 Å². The Labute approximate surface area is 93.9 Å². The number of aromatic nitrogens is 2. The van der Waals surface area contributed by atoms with Gasteiger partial charge in [0.15, 0.2) is 5.16 Å². The lowest BCUT2D eigenvalue weighted by Crippen LogP contribution is -2.48. The number of hydrogen-bond donors (Lipinski definition) is 2. The quantitative estimate of drug-likeness (QED) is 0.724. The molecule has 0 aliphatic heterocycles. The minimum absolute atomic E-state index is 0.0646. The topological polar surface area (TPSA) is 64.1 Å². The Kier molecular flexibility index (Phi) is 3.04. The van der Waals surface area contributed by atoms with Crippen molar-refractivity contribution in [3.05, 3.63) is 12.4 Å². The second kappa shape index (κ2) is 4.15. The number of nitrogens with zero attached hydrogens (tertiary/aromatic N) is 2. The molecule has 1 aliphatic carbocycles. The second-order valence-electron chi connectivity index (χ2n) is 4.27. The van der Waals surface area contributed by atoms with Gasteiger partial charge in [0.2, 0.25) is 0 Å². The maximum absolute atomic E-state index is 9.33. The first-order chi connectivity index (χ1) is 7.15. The van der Waals surface area contributed by atoms with E-state index in [1.165, 1.54) is 0 Å². The minimum Gasteiger partial charge on any atom is -0.394 e. The van der Waals surface area contributed by atoms with E-state index in [9.17, 15) is 5.11 Å². The standard InChI is InChI=1S/C10H17N3OS/c1-13-5-4-12-9(13)15-7-10(11,6-14)8-2-3-8/h4-5,8,14H,2-3,6-7,11H2,1H3. The van der Waals surface area contributed by atoms with Crippen molar-refractivity contribution in [2.24, 2.45) is 18.7 Å². The molecule has 1 heterocycles. The fourth-order valence-electron chi connectivity index (χ4n) is 1.64. The van der Waals surface area contributed by atoms with Gasteiger partial charge >= 0.3 is 0 Å². The van der Waals surface area contributed by atoms with Crippen LogP contribution in [0.15, 0.2) is 17.6 Å². The normalized spacial score (nSPS) is 20.2. The molecule has 0 spiro atoms. The molecule has 0 amide bonds. The summed E-state index contributed by atoms with van der Waals surface area (Å²) in [6.07, 6.45) is 5.99. The van der Waals surface area contributed by atoms with Crippen LogP contribution in [0.25, 0.3) is 0 Å². The zero-order valence-electron chi connectivity index (χ0n) is 8.89. The van der Waals surface area contributed by atoms with Crippen LogP contribution in [0.1, 0.15) is 12.8 Å². The predicted octanol–water partition coefficient (Wildman–Crippen LogP) is 0.612. The van der Waals surface area contributed by atoms with Gasteiger partial charge in [0.25, 0.3) is 0 Å². The fourth-order valence-corrected chi connectivity index (χ4v) is 2.77. The number of hydrogen-bond acceptors (Lipinski definition) is 4. The molecule has 0 saturated heterocycles. The Balaban J connectivity index is 1.94. The van der Waals surface area contributed by atoms with Crippen LogP contribution in [-0.2, 0) is 7.05 Å². The van der Waals surface area contributed by atoms with Crippen LogP contribution in [0.3, 0.4) is 0 Å². The van der Waals surface area contributed by atoms with Gasteiger partial charge < -0.3 is 15.4 Å². The zero-order chi connectivity index (χ0) is 10.9. The van der Waals surface area contributed by atoms with Crippen molar-refractivity contribution in [1.82, 2.24) is 9.55 Å². The van der Waals surface area contributed by atoms with Gasteiger partial charge in [-0.05, 0) is 18.8 Å². The summed E-state index contributed by atoms with van der Waals surface area (Å²) in [6.45, 7) is 0.0646. The van der Waals surface area contributed by atoms with Crippen molar-refractivity contribution in [1.29, 1.82) is 0 Å². The van der Waals surface area contributed by atoms with E-state index in [0.29, 0.717) is 5.92 Å². The van der Waals surface area contributed by atoms with Crippen molar-refractivity contribution in [2.75, 3.05) is 12.4 Å². The molecule has 5 heteroatoms. The van der Waals surface area contributed by atoms with Gasteiger partial charge in [-0.2, -0.15) is 0 Å². The number of aliphatic hydroxyl groups is 1. The third-order valence-corrected chi connectivity index (χ3v) is 4.27. The minimum atomic E-state index is -0.420. The predicted molar refractivity (Wildman–Crippen MR) is 60.7 cm³/mol. The van der Waals surface area contributed by atoms with Crippen molar-refractivity contribution in [3.8, 4) is 0 Å². The highest BCUT2D eigenvalue weighted by atomic mass is 32.2. The van der Waals surface area contributed by atoms with Crippen LogP contribution < -0.4 is 5.73 Å². The molecule has 1 aromatic heterocycles. The van der Waals surface area contributed by atoms with Crippen LogP contribution in [0.5, 0.6) is 0 Å². The van der Waals surface area contributed by atoms with Gasteiger partial charge in [0.1, 0.15) is 0 Å². The molecule has 2 rings (SSSR count). The fraction of sp³-hybridized carbons (Fsp3) is 0.700. The van der Waals surface area contributed by atoms with Gasteiger partial charge in [-0.15, -0.1) is 0 Å². The van der Waals surface area contributed by atoms with E-state index in [1.54, 1.807) is 18.0 Å². The number of rotatable bonds is 5. The SMILES string of the molecule is Cn1ccnc1SCC(N)(CO)C1CC1.